The Morgan fingerprint density at radius 3 is 2.57 bits per heavy atom. The van der Waals surface area contributed by atoms with Crippen LogP contribution in [0.3, 0.4) is 0 Å². The lowest BCUT2D eigenvalue weighted by molar-refractivity contribution is 0.102. The molecule has 0 saturated heterocycles. The summed E-state index contributed by atoms with van der Waals surface area (Å²) in [7, 11) is 1.44. The van der Waals surface area contributed by atoms with E-state index in [1.807, 2.05) is 0 Å². The van der Waals surface area contributed by atoms with E-state index in [1.54, 1.807) is 25.1 Å². The average molecular weight is 390 g/mol. The molecule has 0 aliphatic rings. The minimum absolute atomic E-state index is 0.0594. The summed E-state index contributed by atoms with van der Waals surface area (Å²) >= 11 is 3.11. The largest absolute Gasteiger partial charge is 0.321 e. The third-order valence-electron chi connectivity index (χ3n) is 2.57. The van der Waals surface area contributed by atoms with E-state index in [-0.39, 0.29) is 21.0 Å². The lowest BCUT2D eigenvalue weighted by Gasteiger charge is -2.07. The molecule has 8 heteroatoms. The molecule has 0 aliphatic carbocycles. The molecular weight excluding hydrogens is 380 g/mol. The van der Waals surface area contributed by atoms with Crippen molar-refractivity contribution in [2.75, 3.05) is 5.32 Å². The number of anilines is 1. The van der Waals surface area contributed by atoms with Crippen LogP contribution < -0.4 is 5.32 Å². The van der Waals surface area contributed by atoms with Crippen molar-refractivity contribution >= 4 is 47.3 Å². The van der Waals surface area contributed by atoms with Crippen molar-refractivity contribution in [1.82, 2.24) is 4.98 Å². The highest BCUT2D eigenvalue weighted by atomic mass is 79.9. The number of hydrogen-bond donors (Lipinski definition) is 1. The Morgan fingerprint density at radius 2 is 2.00 bits per heavy atom. The van der Waals surface area contributed by atoms with Crippen LogP contribution in [0.1, 0.15) is 16.2 Å². The van der Waals surface area contributed by atoms with Crippen LogP contribution in [0.4, 0.5) is 5.69 Å². The number of carbonyl (C=O) groups excluding carboxylic acids is 1. The van der Waals surface area contributed by atoms with Crippen molar-refractivity contribution in [1.29, 1.82) is 0 Å². The van der Waals surface area contributed by atoms with E-state index < -0.39 is 9.05 Å². The lowest BCUT2D eigenvalue weighted by Crippen LogP contribution is -2.14. The molecule has 1 N–H and O–H groups in total. The number of amides is 1. The van der Waals surface area contributed by atoms with Crippen LogP contribution in [0, 0.1) is 6.92 Å². The molecule has 21 heavy (non-hydrogen) atoms. The molecule has 1 amide bonds. The second-order valence-corrected chi connectivity index (χ2v) is 7.59. The average Bonchev–Trinajstić information content (AvgIpc) is 2.37. The number of nitrogens with zero attached hydrogens (tertiary/aromatic N) is 1. The molecule has 0 bridgehead atoms. The minimum Gasteiger partial charge on any atom is -0.321 e. The molecule has 1 aromatic carbocycles. The van der Waals surface area contributed by atoms with E-state index >= 15 is 0 Å². The number of hydrogen-bond acceptors (Lipinski definition) is 4. The monoisotopic (exact) mass is 388 g/mol. The van der Waals surface area contributed by atoms with Crippen LogP contribution in [-0.2, 0) is 9.05 Å². The second-order valence-electron chi connectivity index (χ2n) is 4.20. The van der Waals surface area contributed by atoms with Crippen molar-refractivity contribution < 1.29 is 13.2 Å². The molecule has 2 aromatic rings. The SMILES string of the molecule is Cc1cccc(C(=O)Nc2ccc(S(=O)(=O)Cl)c(Br)c2)n1. The van der Waals surface area contributed by atoms with Gasteiger partial charge in [-0.3, -0.25) is 4.79 Å². The summed E-state index contributed by atoms with van der Waals surface area (Å²) in [5.41, 5.74) is 1.44. The Morgan fingerprint density at radius 1 is 1.29 bits per heavy atom. The van der Waals surface area contributed by atoms with Gasteiger partial charge in [0.1, 0.15) is 5.69 Å². The molecule has 110 valence electrons. The molecule has 0 unspecified atom stereocenters. The Balaban J connectivity index is 2.25. The third kappa shape index (κ3) is 4.03. The van der Waals surface area contributed by atoms with Gasteiger partial charge in [-0.05, 0) is 53.2 Å². The van der Waals surface area contributed by atoms with Crippen LogP contribution in [0.25, 0.3) is 0 Å². The van der Waals surface area contributed by atoms with Gasteiger partial charge in [0.05, 0.1) is 4.90 Å². The van der Waals surface area contributed by atoms with Gasteiger partial charge in [0, 0.05) is 26.5 Å². The van der Waals surface area contributed by atoms with Crippen molar-refractivity contribution in [3.63, 3.8) is 0 Å². The topological polar surface area (TPSA) is 76.1 Å². The quantitative estimate of drug-likeness (QED) is 0.817. The first-order valence-electron chi connectivity index (χ1n) is 5.76. The Kier molecular flexibility index (Phi) is 4.65. The van der Waals surface area contributed by atoms with Gasteiger partial charge in [0.2, 0.25) is 0 Å². The van der Waals surface area contributed by atoms with Gasteiger partial charge in [-0.15, -0.1) is 0 Å². The van der Waals surface area contributed by atoms with Gasteiger partial charge in [-0.25, -0.2) is 13.4 Å². The maximum absolute atomic E-state index is 12.0. The molecule has 0 aliphatic heterocycles. The predicted octanol–water partition coefficient (Wildman–Crippen LogP) is 3.33. The number of halogens is 2. The highest BCUT2D eigenvalue weighted by molar-refractivity contribution is 9.10. The van der Waals surface area contributed by atoms with Gasteiger partial charge >= 0.3 is 0 Å². The summed E-state index contributed by atoms with van der Waals surface area (Å²) < 4.78 is 22.8. The molecule has 2 rings (SSSR count). The summed E-state index contributed by atoms with van der Waals surface area (Å²) in [6.07, 6.45) is 0. The van der Waals surface area contributed by atoms with Gasteiger partial charge in [-0.2, -0.15) is 0 Å². The first-order chi connectivity index (χ1) is 9.77. The zero-order valence-corrected chi connectivity index (χ0v) is 14.0. The number of carbonyl (C=O) groups is 1. The van der Waals surface area contributed by atoms with Crippen LogP contribution in [-0.4, -0.2) is 19.3 Å². The van der Waals surface area contributed by atoms with Crippen molar-refractivity contribution in [3.05, 3.63) is 52.3 Å². The Bertz CT molecular complexity index is 809. The number of aryl methyl sites for hydroxylation is 1. The number of rotatable bonds is 3. The van der Waals surface area contributed by atoms with Gasteiger partial charge < -0.3 is 5.32 Å². The number of pyridine rings is 1. The van der Waals surface area contributed by atoms with Gasteiger partial charge in [0.15, 0.2) is 0 Å². The Hall–Kier alpha value is -1.44. The highest BCUT2D eigenvalue weighted by Gasteiger charge is 2.15. The number of nitrogens with one attached hydrogen (secondary N) is 1. The molecule has 1 heterocycles. The first-order valence-corrected chi connectivity index (χ1v) is 8.87. The van der Waals surface area contributed by atoms with Crippen LogP contribution in [0.5, 0.6) is 0 Å². The molecule has 0 fully saturated rings. The van der Waals surface area contributed by atoms with Crippen molar-refractivity contribution in [2.24, 2.45) is 0 Å². The standard InChI is InChI=1S/C13H10BrClN2O3S/c1-8-3-2-4-11(16-8)13(18)17-9-5-6-12(10(14)7-9)21(15,19)20/h2-7H,1H3,(H,17,18). The molecular formula is C13H10BrClN2O3S. The molecule has 0 atom stereocenters. The Labute approximate surface area is 134 Å². The lowest BCUT2D eigenvalue weighted by atomic mass is 10.2. The van der Waals surface area contributed by atoms with E-state index in [0.717, 1.165) is 5.69 Å². The third-order valence-corrected chi connectivity index (χ3v) is 4.87. The summed E-state index contributed by atoms with van der Waals surface area (Å²) in [5, 5.41) is 2.64. The van der Waals surface area contributed by atoms with Crippen LogP contribution in [0.15, 0.2) is 45.8 Å². The molecule has 5 nitrogen and oxygen atoms in total. The van der Waals surface area contributed by atoms with E-state index in [1.165, 1.54) is 18.2 Å². The number of aromatic nitrogens is 1. The fourth-order valence-corrected chi connectivity index (χ4v) is 3.86. The van der Waals surface area contributed by atoms with Gasteiger partial charge in [0.25, 0.3) is 15.0 Å². The van der Waals surface area contributed by atoms with E-state index in [2.05, 4.69) is 26.2 Å². The molecule has 0 spiro atoms. The van der Waals surface area contributed by atoms with E-state index in [4.69, 9.17) is 10.7 Å². The maximum Gasteiger partial charge on any atom is 0.274 e. The zero-order valence-electron chi connectivity index (χ0n) is 10.8. The fraction of sp³-hybridized carbons (Fsp3) is 0.0769. The zero-order chi connectivity index (χ0) is 15.6. The molecule has 1 aromatic heterocycles. The molecule has 0 saturated carbocycles. The summed E-state index contributed by atoms with van der Waals surface area (Å²) in [4.78, 5) is 16.1. The van der Waals surface area contributed by atoms with E-state index in [0.29, 0.717) is 5.69 Å². The summed E-state index contributed by atoms with van der Waals surface area (Å²) in [6, 6.07) is 9.33. The highest BCUT2D eigenvalue weighted by Crippen LogP contribution is 2.28. The molecule has 0 radical (unpaired) electrons. The predicted molar refractivity (Wildman–Crippen MR) is 84.1 cm³/mol. The number of benzene rings is 1. The minimum atomic E-state index is -3.84. The van der Waals surface area contributed by atoms with Crippen molar-refractivity contribution in [2.45, 2.75) is 11.8 Å². The van der Waals surface area contributed by atoms with Gasteiger partial charge in [-0.1, -0.05) is 6.07 Å². The second kappa shape index (κ2) is 6.13. The fourth-order valence-electron chi connectivity index (χ4n) is 1.64. The van der Waals surface area contributed by atoms with Crippen LogP contribution >= 0.6 is 26.6 Å². The van der Waals surface area contributed by atoms with Crippen molar-refractivity contribution in [3.8, 4) is 0 Å². The normalized spacial score (nSPS) is 11.2. The smallest absolute Gasteiger partial charge is 0.274 e. The first kappa shape index (κ1) is 15.9. The van der Waals surface area contributed by atoms with Crippen LogP contribution in [0.2, 0.25) is 0 Å². The summed E-state index contributed by atoms with van der Waals surface area (Å²) in [5.74, 6) is -0.382. The maximum atomic E-state index is 12.0. The summed E-state index contributed by atoms with van der Waals surface area (Å²) in [6.45, 7) is 1.79. The van der Waals surface area contributed by atoms with E-state index in [9.17, 15) is 13.2 Å².